The van der Waals surface area contributed by atoms with E-state index < -0.39 is 5.97 Å². The molecule has 0 heterocycles. The normalized spacial score (nSPS) is 14.2. The maximum atomic E-state index is 12.0. The quantitative estimate of drug-likeness (QED) is 0.545. The van der Waals surface area contributed by atoms with E-state index in [1.54, 1.807) is 0 Å². The van der Waals surface area contributed by atoms with E-state index in [1.165, 1.54) is 0 Å². The van der Waals surface area contributed by atoms with E-state index in [0.29, 0.717) is 31.3 Å². The van der Waals surface area contributed by atoms with Crippen LogP contribution in [0.1, 0.15) is 53.4 Å². The number of hydrogen-bond acceptors (Lipinski definition) is 3. The van der Waals surface area contributed by atoms with Crippen molar-refractivity contribution in [2.75, 3.05) is 13.1 Å². The topological polar surface area (TPSA) is 92.4 Å². The van der Waals surface area contributed by atoms with Gasteiger partial charge in [0.1, 0.15) is 0 Å². The number of amides is 1. The van der Waals surface area contributed by atoms with Gasteiger partial charge in [0, 0.05) is 19.4 Å². The first-order valence-corrected chi connectivity index (χ1v) is 7.93. The molecular formula is C16H32N2O3. The molecule has 5 heteroatoms. The zero-order valence-electron chi connectivity index (χ0n) is 13.9. The summed E-state index contributed by atoms with van der Waals surface area (Å²) >= 11 is 0. The fourth-order valence-electron chi connectivity index (χ4n) is 2.67. The number of carbonyl (C=O) groups excluding carboxylic acids is 1. The summed E-state index contributed by atoms with van der Waals surface area (Å²) in [6, 6.07) is 0. The van der Waals surface area contributed by atoms with Crippen molar-refractivity contribution in [3.63, 3.8) is 0 Å². The van der Waals surface area contributed by atoms with E-state index in [-0.39, 0.29) is 24.2 Å². The Morgan fingerprint density at radius 1 is 1.00 bits per heavy atom. The minimum Gasteiger partial charge on any atom is -0.481 e. The summed E-state index contributed by atoms with van der Waals surface area (Å²) in [5.74, 6) is 0.303. The van der Waals surface area contributed by atoms with Crippen molar-refractivity contribution in [2.24, 2.45) is 29.4 Å². The third-order valence-corrected chi connectivity index (χ3v) is 3.47. The van der Waals surface area contributed by atoms with E-state index in [1.807, 2.05) is 0 Å². The number of carboxylic acid groups (broad SMARTS) is 1. The highest BCUT2D eigenvalue weighted by atomic mass is 16.4. The summed E-state index contributed by atoms with van der Waals surface area (Å²) in [4.78, 5) is 22.8. The van der Waals surface area contributed by atoms with Crippen LogP contribution in [0.2, 0.25) is 0 Å². The highest BCUT2D eigenvalue weighted by molar-refractivity contribution is 5.76. The summed E-state index contributed by atoms with van der Waals surface area (Å²) in [5.41, 5.74) is 5.70. The Kier molecular flexibility index (Phi) is 10.0. The minimum absolute atomic E-state index is 0.00660. The lowest BCUT2D eigenvalue weighted by molar-refractivity contribution is -0.138. The van der Waals surface area contributed by atoms with Crippen LogP contribution in [0.4, 0.5) is 0 Å². The summed E-state index contributed by atoms with van der Waals surface area (Å²) in [7, 11) is 0. The van der Waals surface area contributed by atoms with Crippen LogP contribution in [-0.2, 0) is 9.59 Å². The monoisotopic (exact) mass is 300 g/mol. The second kappa shape index (κ2) is 10.6. The molecule has 21 heavy (non-hydrogen) atoms. The molecule has 0 rings (SSSR count). The minimum atomic E-state index is -0.811. The Morgan fingerprint density at radius 2 is 1.52 bits per heavy atom. The summed E-state index contributed by atoms with van der Waals surface area (Å²) in [6.45, 7) is 9.30. The molecule has 4 N–H and O–H groups in total. The first kappa shape index (κ1) is 19.9. The predicted octanol–water partition coefficient (Wildman–Crippen LogP) is 2.25. The molecule has 0 aliphatic heterocycles. The average Bonchev–Trinajstić information content (AvgIpc) is 2.33. The molecule has 0 fully saturated rings. The standard InChI is InChI=1S/C16H32N2O3/c1-11(2)5-13(9-17)7-15(19)18-10-14(6-12(3)4)8-16(20)21/h11-14H,5-10,17H2,1-4H3,(H,18,19)(H,20,21)/t13-,14-/m1/s1. The van der Waals surface area contributed by atoms with Crippen molar-refractivity contribution in [3.05, 3.63) is 0 Å². The molecule has 0 bridgehead atoms. The number of rotatable bonds is 11. The van der Waals surface area contributed by atoms with Gasteiger partial charge >= 0.3 is 5.97 Å². The zero-order chi connectivity index (χ0) is 16.4. The van der Waals surface area contributed by atoms with Gasteiger partial charge in [-0.2, -0.15) is 0 Å². The Bertz CT molecular complexity index is 317. The third kappa shape index (κ3) is 11.3. The Hall–Kier alpha value is -1.10. The van der Waals surface area contributed by atoms with Gasteiger partial charge in [0.15, 0.2) is 0 Å². The average molecular weight is 300 g/mol. The molecule has 0 aromatic heterocycles. The van der Waals surface area contributed by atoms with Gasteiger partial charge in [-0.25, -0.2) is 0 Å². The number of aliphatic carboxylic acids is 1. The van der Waals surface area contributed by atoms with E-state index in [4.69, 9.17) is 10.8 Å². The van der Waals surface area contributed by atoms with Gasteiger partial charge in [-0.15, -0.1) is 0 Å². The molecule has 0 saturated heterocycles. The van der Waals surface area contributed by atoms with Crippen LogP contribution in [0, 0.1) is 23.7 Å². The third-order valence-electron chi connectivity index (χ3n) is 3.47. The van der Waals surface area contributed by atoms with Crippen molar-refractivity contribution < 1.29 is 14.7 Å². The van der Waals surface area contributed by atoms with Crippen LogP contribution in [0.25, 0.3) is 0 Å². The maximum absolute atomic E-state index is 12.0. The fraction of sp³-hybridized carbons (Fsp3) is 0.875. The van der Waals surface area contributed by atoms with Crippen molar-refractivity contribution in [2.45, 2.75) is 53.4 Å². The summed E-state index contributed by atoms with van der Waals surface area (Å²) in [5, 5.41) is 11.8. The molecule has 5 nitrogen and oxygen atoms in total. The van der Waals surface area contributed by atoms with Gasteiger partial charge in [0.2, 0.25) is 5.91 Å². The second-order valence-corrected chi connectivity index (χ2v) is 6.83. The molecule has 0 unspecified atom stereocenters. The number of carbonyl (C=O) groups is 2. The van der Waals surface area contributed by atoms with Crippen LogP contribution in [0.15, 0.2) is 0 Å². The lowest BCUT2D eigenvalue weighted by atomic mass is 9.92. The molecule has 0 aromatic carbocycles. The first-order chi connectivity index (χ1) is 9.74. The maximum Gasteiger partial charge on any atom is 0.303 e. The Labute approximate surface area is 128 Å². The van der Waals surface area contributed by atoms with E-state index in [2.05, 4.69) is 33.0 Å². The van der Waals surface area contributed by atoms with Gasteiger partial charge in [-0.1, -0.05) is 27.7 Å². The molecule has 0 aliphatic carbocycles. The largest absolute Gasteiger partial charge is 0.481 e. The molecule has 124 valence electrons. The summed E-state index contributed by atoms with van der Waals surface area (Å²) < 4.78 is 0. The number of nitrogens with one attached hydrogen (secondary N) is 1. The van der Waals surface area contributed by atoms with Crippen LogP contribution >= 0.6 is 0 Å². The molecule has 0 saturated carbocycles. The summed E-state index contributed by atoms with van der Waals surface area (Å²) in [6.07, 6.45) is 2.27. The molecule has 0 spiro atoms. The second-order valence-electron chi connectivity index (χ2n) is 6.83. The van der Waals surface area contributed by atoms with Gasteiger partial charge in [0.05, 0.1) is 0 Å². The highest BCUT2D eigenvalue weighted by Crippen LogP contribution is 2.16. The molecule has 0 radical (unpaired) electrons. The number of nitrogens with two attached hydrogens (primary N) is 1. The van der Waals surface area contributed by atoms with Crippen LogP contribution in [-0.4, -0.2) is 30.1 Å². The molecular weight excluding hydrogens is 268 g/mol. The Morgan fingerprint density at radius 3 is 1.95 bits per heavy atom. The first-order valence-electron chi connectivity index (χ1n) is 7.93. The van der Waals surface area contributed by atoms with Crippen LogP contribution in [0.5, 0.6) is 0 Å². The molecule has 1 amide bonds. The molecule has 0 aliphatic rings. The van der Waals surface area contributed by atoms with Gasteiger partial charge in [0.25, 0.3) is 0 Å². The smallest absolute Gasteiger partial charge is 0.303 e. The highest BCUT2D eigenvalue weighted by Gasteiger charge is 2.18. The SMILES string of the molecule is CC(C)C[C@@H](CNC(=O)C[C@H](CN)CC(C)C)CC(=O)O. The predicted molar refractivity (Wildman–Crippen MR) is 84.8 cm³/mol. The number of carboxylic acids is 1. The van der Waals surface area contributed by atoms with E-state index in [0.717, 1.165) is 12.8 Å². The fourth-order valence-corrected chi connectivity index (χ4v) is 2.67. The lowest BCUT2D eigenvalue weighted by Crippen LogP contribution is -2.33. The van der Waals surface area contributed by atoms with Crippen molar-refractivity contribution in [3.8, 4) is 0 Å². The van der Waals surface area contributed by atoms with Gasteiger partial charge < -0.3 is 16.2 Å². The van der Waals surface area contributed by atoms with Gasteiger partial charge in [-0.05, 0) is 43.1 Å². The number of hydrogen-bond donors (Lipinski definition) is 3. The van der Waals surface area contributed by atoms with Crippen molar-refractivity contribution in [1.82, 2.24) is 5.32 Å². The van der Waals surface area contributed by atoms with Gasteiger partial charge in [-0.3, -0.25) is 9.59 Å². The van der Waals surface area contributed by atoms with Crippen LogP contribution in [0.3, 0.4) is 0 Å². The molecule has 0 aromatic rings. The zero-order valence-corrected chi connectivity index (χ0v) is 13.9. The van der Waals surface area contributed by atoms with E-state index >= 15 is 0 Å². The van der Waals surface area contributed by atoms with Crippen molar-refractivity contribution >= 4 is 11.9 Å². The van der Waals surface area contributed by atoms with Crippen LogP contribution < -0.4 is 11.1 Å². The molecule has 2 atom stereocenters. The van der Waals surface area contributed by atoms with E-state index in [9.17, 15) is 9.59 Å². The Balaban J connectivity index is 4.24. The van der Waals surface area contributed by atoms with Crippen molar-refractivity contribution in [1.29, 1.82) is 0 Å². The lowest BCUT2D eigenvalue weighted by Gasteiger charge is -2.20.